The number of hydrogen-bond acceptors (Lipinski definition) is 8. The van der Waals surface area contributed by atoms with Crippen molar-refractivity contribution in [2.24, 2.45) is 17.2 Å². The number of rotatable bonds is 13. The van der Waals surface area contributed by atoms with Gasteiger partial charge in [-0.15, -0.1) is 0 Å². The fourth-order valence-electron chi connectivity index (χ4n) is 2.71. The van der Waals surface area contributed by atoms with Crippen molar-refractivity contribution < 1.29 is 33.9 Å². The molecule has 0 spiro atoms. The first-order valence-corrected chi connectivity index (χ1v) is 10.1. The largest absolute Gasteiger partial charge is 0.508 e. The average Bonchev–Trinajstić information content (AvgIpc) is 2.77. The molecule has 0 heterocycles. The molecule has 0 aromatic heterocycles. The number of aromatic hydroxyl groups is 1. The zero-order valence-corrected chi connectivity index (χ0v) is 18.5. The van der Waals surface area contributed by atoms with Crippen molar-refractivity contribution in [3.8, 4) is 5.75 Å². The van der Waals surface area contributed by atoms with Crippen LogP contribution in [0.15, 0.2) is 24.3 Å². The van der Waals surface area contributed by atoms with E-state index in [4.69, 9.17) is 17.2 Å². The Morgan fingerprint density at radius 3 is 2.03 bits per heavy atom. The number of carbonyl (C=O) groups excluding carboxylic acids is 6. The smallest absolute Gasteiger partial charge is 0.243 e. The molecular formula is C20H29N7O7. The Bertz CT molecular complexity index is 920. The number of amides is 6. The lowest BCUT2D eigenvalue weighted by Gasteiger charge is -2.21. The van der Waals surface area contributed by atoms with Crippen molar-refractivity contribution in [3.05, 3.63) is 29.8 Å². The molecule has 1 aromatic carbocycles. The third-order valence-corrected chi connectivity index (χ3v) is 4.47. The van der Waals surface area contributed by atoms with Gasteiger partial charge in [0, 0.05) is 6.42 Å². The van der Waals surface area contributed by atoms with Gasteiger partial charge in [-0.2, -0.15) is 0 Å². The minimum Gasteiger partial charge on any atom is -0.508 e. The van der Waals surface area contributed by atoms with Crippen molar-refractivity contribution in [1.82, 2.24) is 21.3 Å². The molecule has 0 saturated heterocycles. The highest BCUT2D eigenvalue weighted by atomic mass is 16.3. The SMILES string of the molecule is C[C@H](NC(=O)CN)C(=O)NCC(=O)N[C@@H](CC(N)=O)C(=O)N[C@@H](Cc1ccc(O)cc1)C(N)=O. The van der Waals surface area contributed by atoms with Crippen molar-refractivity contribution in [1.29, 1.82) is 0 Å². The normalized spacial score (nSPS) is 13.0. The average molecular weight is 479 g/mol. The van der Waals surface area contributed by atoms with Gasteiger partial charge in [0.15, 0.2) is 0 Å². The van der Waals surface area contributed by atoms with Crippen LogP contribution in [0.5, 0.6) is 5.75 Å². The second-order valence-corrected chi connectivity index (χ2v) is 7.34. The minimum atomic E-state index is -1.45. The molecule has 14 heteroatoms. The Labute approximate surface area is 195 Å². The molecule has 0 radical (unpaired) electrons. The Kier molecular flexibility index (Phi) is 10.9. The number of primary amides is 2. The van der Waals surface area contributed by atoms with Crippen LogP contribution in [0.3, 0.4) is 0 Å². The number of hydrogen-bond donors (Lipinski definition) is 8. The summed E-state index contributed by atoms with van der Waals surface area (Å²) < 4.78 is 0. The molecule has 11 N–H and O–H groups in total. The molecule has 186 valence electrons. The minimum absolute atomic E-state index is 0.0101. The van der Waals surface area contributed by atoms with Gasteiger partial charge in [-0.1, -0.05) is 12.1 Å². The summed E-state index contributed by atoms with van der Waals surface area (Å²) in [6.07, 6.45) is -0.597. The van der Waals surface area contributed by atoms with Gasteiger partial charge in [-0.3, -0.25) is 28.8 Å². The maximum absolute atomic E-state index is 12.6. The Hall–Kier alpha value is -4.20. The predicted octanol–water partition coefficient (Wildman–Crippen LogP) is -4.16. The molecule has 6 amide bonds. The second-order valence-electron chi connectivity index (χ2n) is 7.34. The van der Waals surface area contributed by atoms with Crippen LogP contribution in [-0.4, -0.2) is 71.8 Å². The van der Waals surface area contributed by atoms with Gasteiger partial charge < -0.3 is 43.6 Å². The molecule has 0 aliphatic carbocycles. The molecule has 1 aromatic rings. The van der Waals surface area contributed by atoms with Gasteiger partial charge >= 0.3 is 0 Å². The van der Waals surface area contributed by atoms with Gasteiger partial charge in [0.05, 0.1) is 19.5 Å². The third-order valence-electron chi connectivity index (χ3n) is 4.47. The van der Waals surface area contributed by atoms with E-state index in [1.807, 2.05) is 0 Å². The first-order valence-electron chi connectivity index (χ1n) is 10.1. The predicted molar refractivity (Wildman–Crippen MR) is 118 cm³/mol. The second kappa shape index (κ2) is 13.4. The van der Waals surface area contributed by atoms with E-state index >= 15 is 0 Å². The highest BCUT2D eigenvalue weighted by molar-refractivity contribution is 5.96. The summed E-state index contributed by atoms with van der Waals surface area (Å²) in [7, 11) is 0. The number of benzene rings is 1. The van der Waals surface area contributed by atoms with Gasteiger partial charge in [0.2, 0.25) is 35.4 Å². The summed E-state index contributed by atoms with van der Waals surface area (Å²) in [6.45, 7) is 0.486. The maximum atomic E-state index is 12.6. The fraction of sp³-hybridized carbons (Fsp3) is 0.400. The van der Waals surface area contributed by atoms with Crippen LogP contribution in [0.4, 0.5) is 0 Å². The van der Waals surface area contributed by atoms with Crippen molar-refractivity contribution >= 4 is 35.4 Å². The van der Waals surface area contributed by atoms with E-state index in [0.29, 0.717) is 5.56 Å². The zero-order valence-electron chi connectivity index (χ0n) is 18.5. The molecule has 3 atom stereocenters. The molecule has 0 aliphatic heterocycles. The summed E-state index contributed by atoms with van der Waals surface area (Å²) in [4.78, 5) is 71.2. The summed E-state index contributed by atoms with van der Waals surface area (Å²) in [5.74, 6) is -4.75. The number of phenols is 1. The number of nitrogens with one attached hydrogen (secondary N) is 4. The topological polar surface area (TPSA) is 249 Å². The highest BCUT2D eigenvalue weighted by Gasteiger charge is 2.27. The molecule has 1 rings (SSSR count). The van der Waals surface area contributed by atoms with Gasteiger partial charge in [0.1, 0.15) is 23.9 Å². The Morgan fingerprint density at radius 1 is 0.882 bits per heavy atom. The highest BCUT2D eigenvalue weighted by Crippen LogP contribution is 2.11. The van der Waals surface area contributed by atoms with Crippen LogP contribution in [0.2, 0.25) is 0 Å². The standard InChI is InChI=1S/C20H29N7O7/c1-10(25-16(30)8-21)19(33)24-9-17(31)26-14(7-15(22)29)20(34)27-13(18(23)32)6-11-2-4-12(28)5-3-11/h2-5,10,13-14,28H,6-9,21H2,1H3,(H2,22,29)(H2,23,32)(H,24,33)(H,25,30)(H,26,31)(H,27,34)/t10-,13-,14-/m0/s1. The molecular weight excluding hydrogens is 450 g/mol. The van der Waals surface area contributed by atoms with Gasteiger partial charge in [-0.25, -0.2) is 0 Å². The van der Waals surface area contributed by atoms with E-state index in [9.17, 15) is 33.9 Å². The molecule has 34 heavy (non-hydrogen) atoms. The monoisotopic (exact) mass is 479 g/mol. The van der Waals surface area contributed by atoms with Crippen LogP contribution < -0.4 is 38.5 Å². The molecule has 0 aliphatic rings. The number of carbonyl (C=O) groups is 6. The molecule has 0 unspecified atom stereocenters. The Morgan fingerprint density at radius 2 is 1.50 bits per heavy atom. The lowest BCUT2D eigenvalue weighted by Crippen LogP contribution is -2.56. The first-order chi connectivity index (χ1) is 15.9. The molecule has 14 nitrogen and oxygen atoms in total. The van der Waals surface area contributed by atoms with Crippen LogP contribution >= 0.6 is 0 Å². The van der Waals surface area contributed by atoms with Crippen molar-refractivity contribution in [2.75, 3.05) is 13.1 Å². The third kappa shape index (κ3) is 9.95. The van der Waals surface area contributed by atoms with E-state index in [0.717, 1.165) is 0 Å². The van der Waals surface area contributed by atoms with Crippen LogP contribution in [-0.2, 0) is 35.2 Å². The van der Waals surface area contributed by atoms with E-state index in [1.54, 1.807) is 0 Å². The molecule has 0 bridgehead atoms. The molecule has 0 saturated carbocycles. The van der Waals surface area contributed by atoms with Crippen LogP contribution in [0.25, 0.3) is 0 Å². The van der Waals surface area contributed by atoms with E-state index in [-0.39, 0.29) is 18.7 Å². The zero-order chi connectivity index (χ0) is 25.8. The maximum Gasteiger partial charge on any atom is 0.243 e. The van der Waals surface area contributed by atoms with Gasteiger partial charge in [-0.05, 0) is 24.6 Å². The number of nitrogens with two attached hydrogens (primary N) is 3. The van der Waals surface area contributed by atoms with Gasteiger partial charge in [0.25, 0.3) is 0 Å². The summed E-state index contributed by atoms with van der Waals surface area (Å²) >= 11 is 0. The summed E-state index contributed by atoms with van der Waals surface area (Å²) in [5.41, 5.74) is 16.2. The quantitative estimate of drug-likeness (QED) is 0.137. The lowest BCUT2D eigenvalue weighted by molar-refractivity contribution is -0.133. The van der Waals surface area contributed by atoms with Crippen molar-refractivity contribution in [3.63, 3.8) is 0 Å². The number of phenolic OH excluding ortho intramolecular Hbond substituents is 1. The van der Waals surface area contributed by atoms with Crippen LogP contribution in [0, 0.1) is 0 Å². The van der Waals surface area contributed by atoms with E-state index < -0.39 is 66.5 Å². The summed E-state index contributed by atoms with van der Waals surface area (Å²) in [5, 5.41) is 18.5. The summed E-state index contributed by atoms with van der Waals surface area (Å²) in [6, 6.07) is 2.24. The van der Waals surface area contributed by atoms with Crippen molar-refractivity contribution in [2.45, 2.75) is 37.9 Å². The molecule has 0 fully saturated rings. The lowest BCUT2D eigenvalue weighted by atomic mass is 10.0. The van der Waals surface area contributed by atoms with Crippen LogP contribution in [0.1, 0.15) is 18.9 Å². The first kappa shape index (κ1) is 27.8. The Balaban J connectivity index is 2.75. The van der Waals surface area contributed by atoms with E-state index in [1.165, 1.54) is 31.2 Å². The van der Waals surface area contributed by atoms with E-state index in [2.05, 4.69) is 21.3 Å². The fourth-order valence-corrected chi connectivity index (χ4v) is 2.71.